The fourth-order valence-corrected chi connectivity index (χ4v) is 5.83. The molecule has 3 unspecified atom stereocenters. The van der Waals surface area contributed by atoms with Crippen LogP contribution in [0.4, 0.5) is 0 Å². The quantitative estimate of drug-likeness (QED) is 0.0911. The third kappa shape index (κ3) is 10.9. The average molecular weight is 635 g/mol. The van der Waals surface area contributed by atoms with Gasteiger partial charge >= 0.3 is 32.3 Å². The van der Waals surface area contributed by atoms with E-state index < -0.39 is 26.8 Å². The molecule has 0 aliphatic heterocycles. The second kappa shape index (κ2) is 16.2. The second-order valence-electron chi connectivity index (χ2n) is 8.92. The molecule has 0 fully saturated rings. The number of aromatic hydroxyl groups is 2. The molecule has 0 heterocycles. The molecule has 222 valence electrons. The molecule has 0 saturated carbocycles. The van der Waals surface area contributed by atoms with Crippen LogP contribution in [-0.2, 0) is 52.5 Å². The summed E-state index contributed by atoms with van der Waals surface area (Å²) in [6, 6.07) is 8.93. The van der Waals surface area contributed by atoms with Gasteiger partial charge in [-0.25, -0.2) is 4.57 Å². The third-order valence-electron chi connectivity index (χ3n) is 6.29. The minimum atomic E-state index is -4.61. The molecule has 3 atom stereocenters. The van der Waals surface area contributed by atoms with E-state index in [1.54, 1.807) is 13.0 Å². The van der Waals surface area contributed by atoms with Gasteiger partial charge in [-0.3, -0.25) is 19.3 Å². The van der Waals surface area contributed by atoms with Gasteiger partial charge in [-0.15, -0.1) is 0 Å². The Morgan fingerprint density at radius 1 is 0.846 bits per heavy atom. The fraction of sp³-hybridized carbons (Fsp3) is 0.500. The van der Waals surface area contributed by atoms with Gasteiger partial charge in [0.1, 0.15) is 17.3 Å². The first-order valence-electron chi connectivity index (χ1n) is 11.6. The number of aliphatic hydroxyl groups is 2. The van der Waals surface area contributed by atoms with E-state index in [9.17, 15) is 44.2 Å². The summed E-state index contributed by atoms with van der Waals surface area (Å²) >= 11 is 0. The molecule has 39 heavy (non-hydrogen) atoms. The summed E-state index contributed by atoms with van der Waals surface area (Å²) in [6.45, 7) is 2.23. The van der Waals surface area contributed by atoms with E-state index in [0.717, 1.165) is 0 Å². The molecule has 0 saturated heterocycles. The second-order valence-corrected chi connectivity index (χ2v) is 12.7. The Kier molecular flexibility index (Phi) is 15.7. The number of hydrogen-bond acceptors (Lipinski definition) is 8. The molecule has 0 aliphatic carbocycles. The van der Waals surface area contributed by atoms with Gasteiger partial charge in [-0.05, 0) is 42.7 Å². The van der Waals surface area contributed by atoms with Crippen molar-refractivity contribution in [2.75, 3.05) is 13.1 Å². The Hall–Kier alpha value is -1.30. The van der Waals surface area contributed by atoms with Crippen LogP contribution in [0, 0.1) is 0 Å². The van der Waals surface area contributed by atoms with Crippen LogP contribution >= 0.6 is 15.2 Å². The van der Waals surface area contributed by atoms with E-state index >= 15 is 0 Å². The molecule has 0 amide bonds. The zero-order valence-corrected chi connectivity index (χ0v) is 24.1. The number of aliphatic hydroxyl groups excluding tert-OH is 2. The topological polar surface area (TPSA) is 205 Å². The zero-order chi connectivity index (χ0) is 28.0. The summed E-state index contributed by atoms with van der Waals surface area (Å²) in [5.41, 5.74) is 1.69. The molecule has 0 aromatic heterocycles. The number of rotatable bonds is 14. The molecule has 0 bridgehead atoms. The predicted octanol–water partition coefficient (Wildman–Crippen LogP) is 2.19. The molecule has 9 N–H and O–H groups in total. The van der Waals surface area contributed by atoms with Crippen molar-refractivity contribution in [1.82, 2.24) is 9.80 Å². The maximum absolute atomic E-state index is 12.4. The number of phenolic OH excluding ortho intramolecular Hbond substituents is 2. The molecule has 0 radical (unpaired) electrons. The van der Waals surface area contributed by atoms with Crippen molar-refractivity contribution in [2.24, 2.45) is 0 Å². The standard InChI is InChI=1S/C23H36N2O10P2.CH4.Fe/c1-3-23(37(33,34)35)25(13-20-10-17(14-26)5-7-21(20)28)9-8-24(16(2)36(30,31)32)12-19-6-4-18(15-27)11-22(19)29;;/h4-7,10-11,16,23,26-29H,3,8-9,12-15H2,1-2H3,(H2,30,31,32)(H2,33,34,35);1H4;/q;;+2/p+1. The number of phenols is 2. The van der Waals surface area contributed by atoms with Crippen LogP contribution in [0.25, 0.3) is 0 Å². The molecule has 2 rings (SSSR count). The summed E-state index contributed by atoms with van der Waals surface area (Å²) in [7, 11) is -9.00. The van der Waals surface area contributed by atoms with Crippen molar-refractivity contribution in [3.63, 3.8) is 0 Å². The normalized spacial score (nSPS) is 14.8. The van der Waals surface area contributed by atoms with Gasteiger partial charge in [0.2, 0.25) is 0 Å². The number of nitrogens with zero attached hydrogens (tertiary/aromatic N) is 2. The first kappa shape index (κ1) is 37.7. The van der Waals surface area contributed by atoms with Crippen molar-refractivity contribution < 1.29 is 66.2 Å². The van der Waals surface area contributed by atoms with Gasteiger partial charge < -0.3 is 35.1 Å². The van der Waals surface area contributed by atoms with Gasteiger partial charge in [-0.2, -0.15) is 0 Å². The van der Waals surface area contributed by atoms with E-state index in [-0.39, 0.29) is 81.8 Å². The Labute approximate surface area is 239 Å². The Morgan fingerprint density at radius 2 is 1.36 bits per heavy atom. The third-order valence-corrected chi connectivity index (χ3v) is 9.09. The van der Waals surface area contributed by atoms with Crippen LogP contribution in [0.5, 0.6) is 11.5 Å². The van der Waals surface area contributed by atoms with Crippen molar-refractivity contribution in [3.8, 4) is 11.5 Å². The van der Waals surface area contributed by atoms with Crippen LogP contribution in [0.2, 0.25) is 0 Å². The smallest absolute Gasteiger partial charge is 0.508 e. The van der Waals surface area contributed by atoms with Crippen molar-refractivity contribution in [2.45, 2.75) is 65.6 Å². The monoisotopic (exact) mass is 635 g/mol. The minimum Gasteiger partial charge on any atom is -0.508 e. The van der Waals surface area contributed by atoms with Crippen LogP contribution in [0.15, 0.2) is 36.4 Å². The van der Waals surface area contributed by atoms with Crippen molar-refractivity contribution in [1.29, 1.82) is 0 Å². The summed E-state index contributed by atoms with van der Waals surface area (Å²) in [5.74, 6) is -2.66. The van der Waals surface area contributed by atoms with Crippen molar-refractivity contribution in [3.05, 3.63) is 58.7 Å². The van der Waals surface area contributed by atoms with Gasteiger partial charge in [0.15, 0.2) is 5.78 Å². The summed E-state index contributed by atoms with van der Waals surface area (Å²) in [5, 5.41) is 39.4. The summed E-state index contributed by atoms with van der Waals surface area (Å²) < 4.78 is 24.5. The van der Waals surface area contributed by atoms with E-state index in [1.807, 2.05) is 0 Å². The molecule has 2 aromatic rings. The van der Waals surface area contributed by atoms with E-state index in [4.69, 9.17) is 4.89 Å². The van der Waals surface area contributed by atoms with E-state index in [0.29, 0.717) is 22.3 Å². The van der Waals surface area contributed by atoms with Gasteiger partial charge in [0.05, 0.1) is 13.2 Å². The van der Waals surface area contributed by atoms with Crippen LogP contribution < -0.4 is 0 Å². The Bertz CT molecular complexity index is 1140. The molecule has 0 aliphatic rings. The maximum Gasteiger partial charge on any atom is 2.00 e. The minimum absolute atomic E-state index is 0. The Balaban J connectivity index is 0.00000722. The first-order valence-corrected chi connectivity index (χ1v) is 15.1. The van der Waals surface area contributed by atoms with Crippen LogP contribution in [-0.4, -0.2) is 74.5 Å². The molecule has 0 spiro atoms. The number of benzene rings is 2. The fourth-order valence-electron chi connectivity index (χ4n) is 4.07. The molecule has 12 nitrogen and oxygen atoms in total. The van der Waals surface area contributed by atoms with Gasteiger partial charge in [0, 0.05) is 37.3 Å². The van der Waals surface area contributed by atoms with Gasteiger partial charge in [-0.1, -0.05) is 32.5 Å². The van der Waals surface area contributed by atoms with Crippen LogP contribution in [0.3, 0.4) is 0 Å². The maximum atomic E-state index is 12.4. The average Bonchev–Trinajstić information content (AvgIpc) is 2.82. The SMILES string of the molecule is C.CCC(N(CCN(Cc1ccc(CO)cc1O)C(C)P(=O)(O)O)Cc1cc(CO)ccc1O)P(=O)(O)[OH2+].[Fe+2]. The predicted molar refractivity (Wildman–Crippen MR) is 145 cm³/mol. The Morgan fingerprint density at radius 3 is 1.85 bits per heavy atom. The molecular weight excluding hydrogens is 594 g/mol. The van der Waals surface area contributed by atoms with Gasteiger partial charge in [0.25, 0.3) is 0 Å². The summed E-state index contributed by atoms with van der Waals surface area (Å²) in [4.78, 5) is 40.5. The molecular formula is C24H41FeN2O10P2+3. The summed E-state index contributed by atoms with van der Waals surface area (Å²) in [6.07, 6.45) is 0.120. The van der Waals surface area contributed by atoms with Crippen molar-refractivity contribution >= 4 is 15.2 Å². The first-order chi connectivity index (χ1) is 17.2. The van der Waals surface area contributed by atoms with E-state index in [1.165, 1.54) is 47.1 Å². The molecule has 2 aromatic carbocycles. The van der Waals surface area contributed by atoms with E-state index in [2.05, 4.69) is 0 Å². The number of hydrogen-bond donors (Lipinski definition) is 7. The zero-order valence-electron chi connectivity index (χ0n) is 21.2. The largest absolute Gasteiger partial charge is 2.00 e. The molecule has 15 heteroatoms. The van der Waals surface area contributed by atoms with Crippen LogP contribution in [0.1, 0.15) is 49.9 Å².